The number of ether oxygens (including phenoxy) is 1. The predicted molar refractivity (Wildman–Crippen MR) is 78.0 cm³/mol. The first-order valence-electron chi connectivity index (χ1n) is 7.10. The fraction of sp³-hybridized carbons (Fsp3) is 0.500. The molecule has 1 fully saturated rings. The minimum absolute atomic E-state index is 0.0682. The number of carbonyl (C=O) groups is 2. The van der Waals surface area contributed by atoms with Crippen LogP contribution < -0.4 is 4.74 Å². The van der Waals surface area contributed by atoms with Gasteiger partial charge in [0.05, 0.1) is 19.1 Å². The first kappa shape index (κ1) is 15.4. The van der Waals surface area contributed by atoms with Crippen LogP contribution in [0.4, 0.5) is 0 Å². The zero-order chi connectivity index (χ0) is 15.6. The zero-order valence-corrected chi connectivity index (χ0v) is 12.6. The first-order valence-corrected chi connectivity index (χ1v) is 7.10. The molecule has 5 nitrogen and oxygen atoms in total. The minimum Gasteiger partial charge on any atom is -0.497 e. The number of likely N-dealkylation sites (tertiary alicyclic amines) is 1. The van der Waals surface area contributed by atoms with Crippen molar-refractivity contribution in [2.24, 2.45) is 11.8 Å². The highest BCUT2D eigenvalue weighted by atomic mass is 16.5. The molecule has 1 aliphatic rings. The molecule has 0 aliphatic carbocycles. The predicted octanol–water partition coefficient (Wildman–Crippen LogP) is 2.33. The van der Waals surface area contributed by atoms with Crippen molar-refractivity contribution in [1.82, 2.24) is 4.90 Å². The van der Waals surface area contributed by atoms with E-state index in [2.05, 4.69) is 0 Å². The van der Waals surface area contributed by atoms with Gasteiger partial charge in [0, 0.05) is 13.0 Å². The molecule has 1 amide bonds. The van der Waals surface area contributed by atoms with Crippen molar-refractivity contribution in [3.8, 4) is 5.75 Å². The fourth-order valence-electron chi connectivity index (χ4n) is 2.83. The average Bonchev–Trinajstić information content (AvgIpc) is 2.76. The van der Waals surface area contributed by atoms with Gasteiger partial charge in [0.1, 0.15) is 5.75 Å². The number of hydrogen-bond acceptors (Lipinski definition) is 3. The molecule has 0 unspecified atom stereocenters. The molecular formula is C16H21NO4. The van der Waals surface area contributed by atoms with Crippen LogP contribution in [0, 0.1) is 11.8 Å². The van der Waals surface area contributed by atoms with Crippen LogP contribution in [-0.2, 0) is 9.59 Å². The highest BCUT2D eigenvalue weighted by Crippen LogP contribution is 2.39. The van der Waals surface area contributed by atoms with Gasteiger partial charge in [-0.05, 0) is 23.6 Å². The summed E-state index contributed by atoms with van der Waals surface area (Å²) in [7, 11) is 1.58. The number of amides is 1. The minimum atomic E-state index is -0.921. The maximum absolute atomic E-state index is 12.2. The molecular weight excluding hydrogens is 270 g/mol. The Morgan fingerprint density at radius 2 is 2.00 bits per heavy atom. The Kier molecular flexibility index (Phi) is 4.50. The maximum atomic E-state index is 12.2. The van der Waals surface area contributed by atoms with Gasteiger partial charge in [-0.15, -0.1) is 0 Å². The van der Waals surface area contributed by atoms with Crippen molar-refractivity contribution in [3.05, 3.63) is 29.8 Å². The summed E-state index contributed by atoms with van der Waals surface area (Å²) in [6.45, 7) is 4.61. The summed E-state index contributed by atoms with van der Waals surface area (Å²) < 4.78 is 5.12. The summed E-state index contributed by atoms with van der Waals surface area (Å²) in [5.74, 6) is -0.690. The van der Waals surface area contributed by atoms with Crippen molar-refractivity contribution in [2.45, 2.75) is 26.3 Å². The van der Waals surface area contributed by atoms with E-state index < -0.39 is 17.9 Å². The second kappa shape index (κ2) is 6.16. The molecule has 21 heavy (non-hydrogen) atoms. The van der Waals surface area contributed by atoms with E-state index in [1.54, 1.807) is 24.1 Å². The van der Waals surface area contributed by atoms with Gasteiger partial charge in [-0.2, -0.15) is 0 Å². The van der Waals surface area contributed by atoms with Crippen molar-refractivity contribution >= 4 is 11.9 Å². The largest absolute Gasteiger partial charge is 0.497 e. The van der Waals surface area contributed by atoms with Gasteiger partial charge in [-0.1, -0.05) is 26.0 Å². The lowest BCUT2D eigenvalue weighted by Crippen LogP contribution is -2.33. The van der Waals surface area contributed by atoms with Crippen LogP contribution in [0.1, 0.15) is 31.9 Å². The van der Waals surface area contributed by atoms with E-state index in [4.69, 9.17) is 4.74 Å². The Morgan fingerprint density at radius 3 is 2.48 bits per heavy atom. The van der Waals surface area contributed by atoms with E-state index in [-0.39, 0.29) is 12.3 Å². The number of carboxylic acid groups (broad SMARTS) is 1. The first-order chi connectivity index (χ1) is 9.93. The quantitative estimate of drug-likeness (QED) is 0.904. The van der Waals surface area contributed by atoms with Crippen molar-refractivity contribution in [3.63, 3.8) is 0 Å². The molecule has 1 aliphatic heterocycles. The number of benzene rings is 1. The van der Waals surface area contributed by atoms with Gasteiger partial charge in [0.15, 0.2) is 0 Å². The zero-order valence-electron chi connectivity index (χ0n) is 12.6. The Labute approximate surface area is 124 Å². The van der Waals surface area contributed by atoms with Crippen LogP contribution in [-0.4, -0.2) is 35.5 Å². The molecule has 0 aromatic heterocycles. The molecule has 1 saturated heterocycles. The standard InChI is InChI=1S/C16H21NO4/c1-10(2)9-17-14(18)8-13(16(19)20)15(17)11-4-6-12(21-3)7-5-11/h4-7,10,13,15H,8-9H2,1-3H3,(H,19,20)/t13-,15+/m1/s1. The molecule has 2 rings (SSSR count). The third kappa shape index (κ3) is 3.17. The summed E-state index contributed by atoms with van der Waals surface area (Å²) in [4.78, 5) is 25.4. The number of carboxylic acids is 1. The smallest absolute Gasteiger partial charge is 0.309 e. The number of methoxy groups -OCH3 is 1. The average molecular weight is 291 g/mol. The fourth-order valence-corrected chi connectivity index (χ4v) is 2.83. The summed E-state index contributed by atoms with van der Waals surface area (Å²) in [6, 6.07) is 6.87. The molecule has 0 saturated carbocycles. The topological polar surface area (TPSA) is 66.8 Å². The second-order valence-corrected chi connectivity index (χ2v) is 5.81. The van der Waals surface area contributed by atoms with Crippen LogP contribution in [0.25, 0.3) is 0 Å². The third-order valence-electron chi connectivity index (χ3n) is 3.77. The molecule has 0 radical (unpaired) electrons. The van der Waals surface area contributed by atoms with E-state index in [0.29, 0.717) is 18.2 Å². The van der Waals surface area contributed by atoms with E-state index in [1.807, 2.05) is 26.0 Å². The van der Waals surface area contributed by atoms with E-state index in [9.17, 15) is 14.7 Å². The van der Waals surface area contributed by atoms with Crippen LogP contribution >= 0.6 is 0 Å². The summed E-state index contributed by atoms with van der Waals surface area (Å²) in [5.41, 5.74) is 0.842. The summed E-state index contributed by atoms with van der Waals surface area (Å²) in [5, 5.41) is 9.41. The Balaban J connectivity index is 2.35. The lowest BCUT2D eigenvalue weighted by atomic mass is 9.93. The third-order valence-corrected chi connectivity index (χ3v) is 3.77. The Bertz CT molecular complexity index is 524. The molecule has 1 N–H and O–H groups in total. The molecule has 1 heterocycles. The highest BCUT2D eigenvalue weighted by molar-refractivity contribution is 5.87. The monoisotopic (exact) mass is 291 g/mol. The molecule has 1 aromatic carbocycles. The van der Waals surface area contributed by atoms with Gasteiger partial charge in [0.25, 0.3) is 0 Å². The van der Waals surface area contributed by atoms with Crippen LogP contribution in [0.15, 0.2) is 24.3 Å². The second-order valence-electron chi connectivity index (χ2n) is 5.81. The number of aliphatic carboxylic acids is 1. The van der Waals surface area contributed by atoms with Gasteiger partial charge in [-0.25, -0.2) is 0 Å². The number of carbonyl (C=O) groups excluding carboxylic acids is 1. The van der Waals surface area contributed by atoms with Crippen molar-refractivity contribution < 1.29 is 19.4 Å². The van der Waals surface area contributed by atoms with Gasteiger partial charge >= 0.3 is 5.97 Å². The molecule has 2 atom stereocenters. The van der Waals surface area contributed by atoms with E-state index in [1.165, 1.54) is 0 Å². The number of hydrogen-bond donors (Lipinski definition) is 1. The van der Waals surface area contributed by atoms with Gasteiger partial charge < -0.3 is 14.7 Å². The number of rotatable bonds is 5. The maximum Gasteiger partial charge on any atom is 0.309 e. The van der Waals surface area contributed by atoms with Crippen molar-refractivity contribution in [2.75, 3.05) is 13.7 Å². The van der Waals surface area contributed by atoms with Gasteiger partial charge in [-0.3, -0.25) is 9.59 Å². The molecule has 114 valence electrons. The van der Waals surface area contributed by atoms with Crippen LogP contribution in [0.3, 0.4) is 0 Å². The van der Waals surface area contributed by atoms with Crippen molar-refractivity contribution in [1.29, 1.82) is 0 Å². The summed E-state index contributed by atoms with van der Waals surface area (Å²) >= 11 is 0. The van der Waals surface area contributed by atoms with E-state index in [0.717, 1.165) is 5.56 Å². The molecule has 0 bridgehead atoms. The molecule has 1 aromatic rings. The lowest BCUT2D eigenvalue weighted by molar-refractivity contribution is -0.142. The normalized spacial score (nSPS) is 21.9. The van der Waals surface area contributed by atoms with Crippen LogP contribution in [0.2, 0.25) is 0 Å². The van der Waals surface area contributed by atoms with Gasteiger partial charge in [0.2, 0.25) is 5.91 Å². The Hall–Kier alpha value is -2.04. The van der Waals surface area contributed by atoms with E-state index >= 15 is 0 Å². The lowest BCUT2D eigenvalue weighted by Gasteiger charge is -2.28. The highest BCUT2D eigenvalue weighted by Gasteiger charge is 2.44. The van der Waals surface area contributed by atoms with Crippen LogP contribution in [0.5, 0.6) is 5.75 Å². The summed E-state index contributed by atoms with van der Waals surface area (Å²) in [6.07, 6.45) is 0.0682. The molecule has 5 heteroatoms. The Morgan fingerprint density at radius 1 is 1.38 bits per heavy atom. The molecule has 0 spiro atoms. The SMILES string of the molecule is COc1ccc([C@H]2[C@H](C(=O)O)CC(=O)N2CC(C)C)cc1. The number of nitrogens with zero attached hydrogens (tertiary/aromatic N) is 1.